The molecule has 1 unspecified atom stereocenters. The van der Waals surface area contributed by atoms with E-state index < -0.39 is 59.2 Å². The van der Waals surface area contributed by atoms with Gasteiger partial charge in [0.1, 0.15) is 29.5 Å². The number of hydrogen-bond acceptors (Lipinski definition) is 7. The topological polar surface area (TPSA) is 109 Å². The second kappa shape index (κ2) is 11.4. The summed E-state index contributed by atoms with van der Waals surface area (Å²) >= 11 is 0. The molecule has 4 rings (SSSR count). The van der Waals surface area contributed by atoms with Crippen molar-refractivity contribution in [1.82, 2.24) is 25.2 Å². The van der Waals surface area contributed by atoms with E-state index >= 15 is 13.2 Å². The van der Waals surface area contributed by atoms with E-state index in [1.807, 2.05) is 0 Å². The molecule has 1 atom stereocenters. The largest absolute Gasteiger partial charge is 0.445 e. The van der Waals surface area contributed by atoms with E-state index in [2.05, 4.69) is 32.4 Å². The molecular weight excluding hydrogens is 523 g/mol. The third-order valence-corrected chi connectivity index (χ3v) is 5.57. The number of nitrogens with two attached hydrogens (primary N) is 1. The SMILES string of the molecule is NCCC(=O)OC(Cn1cnnn1)(c1ccc(F)cc1F)C(F)(F)c1ccc(C#Cc2ccc(F)cc2)cn1. The number of aromatic nitrogens is 5. The molecule has 0 fully saturated rings. The van der Waals surface area contributed by atoms with Crippen molar-refractivity contribution in [2.24, 2.45) is 5.73 Å². The van der Waals surface area contributed by atoms with Crippen molar-refractivity contribution in [3.8, 4) is 11.8 Å². The molecule has 39 heavy (non-hydrogen) atoms. The lowest BCUT2D eigenvalue weighted by Crippen LogP contribution is -2.51. The van der Waals surface area contributed by atoms with Crippen LogP contribution in [0, 0.1) is 29.3 Å². The Hall–Kier alpha value is -4.70. The molecule has 0 aliphatic carbocycles. The van der Waals surface area contributed by atoms with Crippen molar-refractivity contribution in [3.63, 3.8) is 0 Å². The summed E-state index contributed by atoms with van der Waals surface area (Å²) in [6.07, 6.45) is 1.54. The lowest BCUT2D eigenvalue weighted by molar-refractivity contribution is -0.232. The fraction of sp³-hybridized carbons (Fsp3) is 0.192. The average molecular weight is 542 g/mol. The van der Waals surface area contributed by atoms with Gasteiger partial charge < -0.3 is 10.5 Å². The number of rotatable bonds is 8. The molecule has 0 radical (unpaired) electrons. The highest BCUT2D eigenvalue weighted by atomic mass is 19.3. The van der Waals surface area contributed by atoms with Crippen molar-refractivity contribution in [2.75, 3.05) is 6.54 Å². The molecule has 0 aliphatic heterocycles. The number of pyridine rings is 1. The Labute approximate surface area is 218 Å². The van der Waals surface area contributed by atoms with Crippen LogP contribution in [0.15, 0.2) is 67.1 Å². The highest BCUT2D eigenvalue weighted by Crippen LogP contribution is 2.49. The molecule has 0 spiro atoms. The average Bonchev–Trinajstić information content (AvgIpc) is 3.41. The monoisotopic (exact) mass is 542 g/mol. The Morgan fingerprint density at radius 2 is 1.67 bits per heavy atom. The minimum absolute atomic E-state index is 0.234. The highest BCUT2D eigenvalue weighted by Gasteiger charge is 2.62. The van der Waals surface area contributed by atoms with Crippen molar-refractivity contribution in [2.45, 2.75) is 24.5 Å². The van der Waals surface area contributed by atoms with E-state index in [4.69, 9.17) is 10.5 Å². The first-order valence-corrected chi connectivity index (χ1v) is 11.3. The molecule has 0 saturated heterocycles. The summed E-state index contributed by atoms with van der Waals surface area (Å²) in [6.45, 7) is -1.20. The first kappa shape index (κ1) is 27.3. The summed E-state index contributed by atoms with van der Waals surface area (Å²) in [5.74, 6) is -2.80. The molecule has 200 valence electrons. The number of esters is 1. The van der Waals surface area contributed by atoms with Crippen LogP contribution in [0.4, 0.5) is 22.0 Å². The molecule has 2 aromatic heterocycles. The van der Waals surface area contributed by atoms with Gasteiger partial charge in [0.2, 0.25) is 5.60 Å². The van der Waals surface area contributed by atoms with Crippen LogP contribution >= 0.6 is 0 Å². The summed E-state index contributed by atoms with van der Waals surface area (Å²) in [5, 5.41) is 10.3. The van der Waals surface area contributed by atoms with E-state index in [1.165, 1.54) is 30.3 Å². The Balaban J connectivity index is 1.81. The van der Waals surface area contributed by atoms with Gasteiger partial charge in [-0.2, -0.15) is 8.78 Å². The first-order chi connectivity index (χ1) is 18.6. The van der Waals surface area contributed by atoms with Gasteiger partial charge in [-0.25, -0.2) is 17.9 Å². The molecule has 4 aromatic rings. The molecule has 0 saturated carbocycles. The molecule has 2 heterocycles. The summed E-state index contributed by atoms with van der Waals surface area (Å²) in [6, 6.07) is 9.38. The number of alkyl halides is 2. The number of carbonyl (C=O) groups is 1. The van der Waals surface area contributed by atoms with Crippen LogP contribution in [0.3, 0.4) is 0 Å². The van der Waals surface area contributed by atoms with Gasteiger partial charge >= 0.3 is 11.9 Å². The Morgan fingerprint density at radius 3 is 2.28 bits per heavy atom. The maximum Gasteiger partial charge on any atom is 0.334 e. The second-order valence-corrected chi connectivity index (χ2v) is 8.23. The van der Waals surface area contributed by atoms with Gasteiger partial charge in [0.25, 0.3) is 0 Å². The third-order valence-electron chi connectivity index (χ3n) is 5.57. The lowest BCUT2D eigenvalue weighted by Gasteiger charge is -2.39. The summed E-state index contributed by atoms with van der Waals surface area (Å²) in [7, 11) is 0. The number of tetrazole rings is 1. The zero-order valence-corrected chi connectivity index (χ0v) is 20.0. The van der Waals surface area contributed by atoms with E-state index in [1.54, 1.807) is 0 Å². The van der Waals surface area contributed by atoms with E-state index in [0.717, 1.165) is 35.4 Å². The van der Waals surface area contributed by atoms with Gasteiger partial charge in [0, 0.05) is 35.5 Å². The summed E-state index contributed by atoms with van der Waals surface area (Å²) in [5.41, 5.74) is 1.25. The quantitative estimate of drug-likeness (QED) is 0.206. The van der Waals surface area contributed by atoms with Crippen LogP contribution in [-0.4, -0.2) is 37.7 Å². The molecular formula is C26H19F5N6O2. The van der Waals surface area contributed by atoms with Crippen molar-refractivity contribution in [1.29, 1.82) is 0 Å². The Kier molecular flexibility index (Phi) is 7.96. The van der Waals surface area contributed by atoms with Crippen LogP contribution in [0.2, 0.25) is 0 Å². The van der Waals surface area contributed by atoms with Crippen LogP contribution < -0.4 is 5.73 Å². The summed E-state index contributed by atoms with van der Waals surface area (Å²) < 4.78 is 81.0. The van der Waals surface area contributed by atoms with Gasteiger partial charge in [-0.15, -0.1) is 5.10 Å². The molecule has 0 aliphatic rings. The smallest absolute Gasteiger partial charge is 0.334 e. The molecule has 13 heteroatoms. The number of carbonyl (C=O) groups excluding carboxylic acids is 1. The first-order valence-electron chi connectivity index (χ1n) is 11.3. The van der Waals surface area contributed by atoms with E-state index in [9.17, 15) is 13.6 Å². The normalized spacial score (nSPS) is 12.8. The molecule has 8 nitrogen and oxygen atoms in total. The van der Waals surface area contributed by atoms with Gasteiger partial charge in [0.05, 0.1) is 13.0 Å². The number of benzene rings is 2. The van der Waals surface area contributed by atoms with Crippen LogP contribution in [0.1, 0.15) is 28.8 Å². The van der Waals surface area contributed by atoms with Gasteiger partial charge in [0.15, 0.2) is 0 Å². The number of nitrogens with zero attached hydrogens (tertiary/aromatic N) is 5. The Bertz CT molecular complexity index is 1500. The fourth-order valence-corrected chi connectivity index (χ4v) is 3.70. The molecule has 2 N–H and O–H groups in total. The van der Waals surface area contributed by atoms with Crippen LogP contribution in [0.5, 0.6) is 0 Å². The maximum absolute atomic E-state index is 16.5. The van der Waals surface area contributed by atoms with Gasteiger partial charge in [-0.05, 0) is 59.0 Å². The number of halogens is 5. The molecule has 0 bridgehead atoms. The van der Waals surface area contributed by atoms with Crippen molar-refractivity contribution >= 4 is 5.97 Å². The minimum Gasteiger partial charge on any atom is -0.445 e. The van der Waals surface area contributed by atoms with E-state index in [0.29, 0.717) is 11.6 Å². The standard InChI is InChI=1S/C26H19F5N6O2/c27-19-6-3-17(4-7-19)1-2-18-5-10-23(33-14-18)26(30,31)25(39-24(38)11-12-32,15-37-16-34-35-36-37)21-9-8-20(28)13-22(21)29/h3-10,13-14,16H,11-12,15,32H2. The van der Waals surface area contributed by atoms with Crippen LogP contribution in [-0.2, 0) is 27.6 Å². The number of ether oxygens (including phenoxy) is 1. The van der Waals surface area contributed by atoms with Crippen LogP contribution in [0.25, 0.3) is 0 Å². The lowest BCUT2D eigenvalue weighted by atomic mass is 9.84. The highest BCUT2D eigenvalue weighted by molar-refractivity contribution is 5.70. The predicted octanol–water partition coefficient (Wildman–Crippen LogP) is 3.46. The number of hydrogen-bond donors (Lipinski definition) is 1. The zero-order valence-electron chi connectivity index (χ0n) is 20.0. The van der Waals surface area contributed by atoms with Crippen molar-refractivity contribution in [3.05, 3.63) is 107 Å². The third kappa shape index (κ3) is 5.91. The maximum atomic E-state index is 16.5. The zero-order chi connectivity index (χ0) is 28.0. The molecule has 2 aromatic carbocycles. The molecule has 0 amide bonds. The summed E-state index contributed by atoms with van der Waals surface area (Å²) in [4.78, 5) is 16.4. The van der Waals surface area contributed by atoms with Crippen molar-refractivity contribution < 1.29 is 31.5 Å². The van der Waals surface area contributed by atoms with Gasteiger partial charge in [-0.1, -0.05) is 11.8 Å². The second-order valence-electron chi connectivity index (χ2n) is 8.23. The predicted molar refractivity (Wildman–Crippen MR) is 126 cm³/mol. The minimum atomic E-state index is -4.22. The van der Waals surface area contributed by atoms with Gasteiger partial charge in [-0.3, -0.25) is 9.78 Å². The van der Waals surface area contributed by atoms with E-state index in [-0.39, 0.29) is 12.1 Å². The Morgan fingerprint density at radius 1 is 0.974 bits per heavy atom. The fourth-order valence-electron chi connectivity index (χ4n) is 3.70.